The maximum Gasteiger partial charge on any atom is 0.126 e. The van der Waals surface area contributed by atoms with Crippen molar-refractivity contribution in [1.29, 1.82) is 0 Å². The summed E-state index contributed by atoms with van der Waals surface area (Å²) in [5, 5.41) is 9.13. The van der Waals surface area contributed by atoms with E-state index < -0.39 is 0 Å². The summed E-state index contributed by atoms with van der Waals surface area (Å²) in [5.41, 5.74) is 6.33. The summed E-state index contributed by atoms with van der Waals surface area (Å²) in [4.78, 5) is 0. The molecule has 0 aliphatic carbocycles. The minimum Gasteiger partial charge on any atom is -0.313 e. The fourth-order valence-electron chi connectivity index (χ4n) is 3.54. The number of hydrogen-bond donors (Lipinski definition) is 1. The second kappa shape index (κ2) is 7.22. The van der Waals surface area contributed by atoms with Crippen LogP contribution in [0.1, 0.15) is 28.8 Å². The summed E-state index contributed by atoms with van der Waals surface area (Å²) >= 11 is 6.04. The fourth-order valence-corrected chi connectivity index (χ4v) is 3.67. The van der Waals surface area contributed by atoms with Gasteiger partial charge in [0.05, 0.1) is 12.2 Å². The molecule has 0 radical (unpaired) electrons. The van der Waals surface area contributed by atoms with Crippen LogP contribution in [0.4, 0.5) is 4.39 Å². The van der Waals surface area contributed by atoms with Crippen LogP contribution in [0.25, 0.3) is 11.3 Å². The summed E-state index contributed by atoms with van der Waals surface area (Å²) in [5.74, 6) is -0.168. The van der Waals surface area contributed by atoms with Gasteiger partial charge in [0.25, 0.3) is 0 Å². The van der Waals surface area contributed by atoms with Gasteiger partial charge in [0.15, 0.2) is 0 Å². The molecule has 0 saturated carbocycles. The molecule has 3 aromatic rings. The van der Waals surface area contributed by atoms with E-state index in [1.54, 1.807) is 6.92 Å². The van der Waals surface area contributed by atoms with Crippen LogP contribution in [0.3, 0.4) is 0 Å². The van der Waals surface area contributed by atoms with Crippen molar-refractivity contribution in [2.24, 2.45) is 0 Å². The van der Waals surface area contributed by atoms with E-state index in [0.29, 0.717) is 12.1 Å². The van der Waals surface area contributed by atoms with Gasteiger partial charge in [-0.1, -0.05) is 35.9 Å². The maximum absolute atomic E-state index is 13.6. The lowest BCUT2D eigenvalue weighted by Gasteiger charge is -2.08. The molecular weight excluding hydrogens is 349 g/mol. The Morgan fingerprint density at radius 1 is 1.19 bits per heavy atom. The van der Waals surface area contributed by atoms with Gasteiger partial charge >= 0.3 is 0 Å². The number of halogens is 2. The number of aromatic nitrogens is 2. The molecule has 0 unspecified atom stereocenters. The molecule has 3 nitrogen and oxygen atoms in total. The maximum atomic E-state index is 13.6. The molecule has 26 heavy (non-hydrogen) atoms. The van der Waals surface area contributed by atoms with Crippen LogP contribution in [0.2, 0.25) is 5.02 Å². The van der Waals surface area contributed by atoms with E-state index in [4.69, 9.17) is 16.7 Å². The minimum absolute atomic E-state index is 0.168. The number of nitrogens with zero attached hydrogens (tertiary/aromatic N) is 2. The summed E-state index contributed by atoms with van der Waals surface area (Å²) in [6.45, 7) is 4.27. The first-order chi connectivity index (χ1) is 12.6. The third-order valence-electron chi connectivity index (χ3n) is 4.91. The molecule has 1 aromatic heterocycles. The van der Waals surface area contributed by atoms with Gasteiger partial charge in [-0.05, 0) is 55.6 Å². The lowest BCUT2D eigenvalue weighted by molar-refractivity contribution is 0.609. The van der Waals surface area contributed by atoms with Crippen molar-refractivity contribution in [1.82, 2.24) is 15.1 Å². The van der Waals surface area contributed by atoms with Crippen LogP contribution in [0.5, 0.6) is 0 Å². The summed E-state index contributed by atoms with van der Waals surface area (Å²) in [6.07, 6.45) is 2.07. The molecule has 2 heterocycles. The van der Waals surface area contributed by atoms with Crippen molar-refractivity contribution < 1.29 is 4.39 Å². The molecule has 4 rings (SSSR count). The molecule has 0 saturated heterocycles. The third-order valence-corrected chi connectivity index (χ3v) is 5.16. The smallest absolute Gasteiger partial charge is 0.126 e. The highest BCUT2D eigenvalue weighted by Gasteiger charge is 2.20. The molecule has 0 bridgehead atoms. The Hall–Kier alpha value is -2.17. The van der Waals surface area contributed by atoms with Gasteiger partial charge in [0.2, 0.25) is 0 Å². The van der Waals surface area contributed by atoms with Crippen LogP contribution in [0, 0.1) is 12.7 Å². The average Bonchev–Trinajstić information content (AvgIpc) is 2.81. The molecule has 134 valence electrons. The number of aryl methyl sites for hydroxylation is 1. The van der Waals surface area contributed by atoms with Crippen LogP contribution >= 0.6 is 11.6 Å². The molecule has 0 amide bonds. The van der Waals surface area contributed by atoms with Crippen molar-refractivity contribution in [2.45, 2.75) is 32.9 Å². The van der Waals surface area contributed by atoms with Gasteiger partial charge in [-0.3, -0.25) is 4.68 Å². The summed E-state index contributed by atoms with van der Waals surface area (Å²) in [7, 11) is 0. The zero-order chi connectivity index (χ0) is 18.1. The number of rotatable bonds is 3. The van der Waals surface area contributed by atoms with Gasteiger partial charge in [0, 0.05) is 28.4 Å². The quantitative estimate of drug-likeness (QED) is 0.723. The van der Waals surface area contributed by atoms with Crippen LogP contribution < -0.4 is 5.32 Å². The molecule has 5 heteroatoms. The predicted molar refractivity (Wildman–Crippen MR) is 103 cm³/mol. The molecule has 1 aliphatic rings. The second-order valence-electron chi connectivity index (χ2n) is 6.80. The fraction of sp³-hybridized carbons (Fsp3) is 0.286. The normalized spacial score (nSPS) is 14.1. The van der Waals surface area contributed by atoms with E-state index in [2.05, 4.69) is 10.00 Å². The Balaban J connectivity index is 1.76. The van der Waals surface area contributed by atoms with Gasteiger partial charge < -0.3 is 5.32 Å². The van der Waals surface area contributed by atoms with E-state index >= 15 is 0 Å². The average molecular weight is 370 g/mol. The van der Waals surface area contributed by atoms with E-state index in [1.807, 2.05) is 36.4 Å². The van der Waals surface area contributed by atoms with E-state index in [0.717, 1.165) is 47.8 Å². The third kappa shape index (κ3) is 3.39. The van der Waals surface area contributed by atoms with E-state index in [9.17, 15) is 4.39 Å². The largest absolute Gasteiger partial charge is 0.313 e. The van der Waals surface area contributed by atoms with Crippen LogP contribution in [-0.2, 0) is 19.5 Å². The predicted octanol–water partition coefficient (Wildman–Crippen LogP) is 4.74. The second-order valence-corrected chi connectivity index (χ2v) is 7.24. The van der Waals surface area contributed by atoms with Crippen molar-refractivity contribution in [3.8, 4) is 11.3 Å². The Labute approximate surface area is 157 Å². The number of fused-ring (bicyclic) bond motifs is 1. The standard InChI is InChI=1S/C21H21ClFN3/c1-14-11-15(4-9-19(14)23)13-26-20-3-2-10-24-12-18(20)21(25-26)16-5-7-17(22)8-6-16/h4-9,11,24H,2-3,10,12-13H2,1H3. The first-order valence-corrected chi connectivity index (χ1v) is 9.30. The van der Waals surface area contributed by atoms with Crippen molar-refractivity contribution in [2.75, 3.05) is 6.54 Å². The molecule has 1 aliphatic heterocycles. The SMILES string of the molecule is Cc1cc(Cn2nc(-c3ccc(Cl)cc3)c3c2CCCNC3)ccc1F. The number of nitrogens with one attached hydrogen (secondary N) is 1. The van der Waals surface area contributed by atoms with E-state index in [-0.39, 0.29) is 5.82 Å². The molecular formula is C21H21ClFN3. The van der Waals surface area contributed by atoms with E-state index in [1.165, 1.54) is 17.3 Å². The number of hydrogen-bond acceptors (Lipinski definition) is 2. The topological polar surface area (TPSA) is 29.9 Å². The first-order valence-electron chi connectivity index (χ1n) is 8.92. The monoisotopic (exact) mass is 369 g/mol. The van der Waals surface area contributed by atoms with Crippen LogP contribution in [0.15, 0.2) is 42.5 Å². The minimum atomic E-state index is -0.168. The Morgan fingerprint density at radius 3 is 2.77 bits per heavy atom. The van der Waals surface area contributed by atoms with Crippen molar-refractivity contribution in [3.05, 3.63) is 75.7 Å². The molecule has 0 fully saturated rings. The molecule has 2 aromatic carbocycles. The molecule has 0 spiro atoms. The zero-order valence-corrected chi connectivity index (χ0v) is 15.5. The summed E-state index contributed by atoms with van der Waals surface area (Å²) < 4.78 is 15.7. The Bertz CT molecular complexity index is 931. The highest BCUT2D eigenvalue weighted by atomic mass is 35.5. The highest BCUT2D eigenvalue weighted by molar-refractivity contribution is 6.30. The van der Waals surface area contributed by atoms with Gasteiger partial charge in [-0.2, -0.15) is 5.10 Å². The van der Waals surface area contributed by atoms with Crippen molar-refractivity contribution >= 4 is 11.6 Å². The first kappa shape index (κ1) is 17.3. The molecule has 1 N–H and O–H groups in total. The van der Waals surface area contributed by atoms with Gasteiger partial charge in [-0.15, -0.1) is 0 Å². The van der Waals surface area contributed by atoms with Crippen LogP contribution in [-0.4, -0.2) is 16.3 Å². The zero-order valence-electron chi connectivity index (χ0n) is 14.7. The molecule has 0 atom stereocenters. The lowest BCUT2D eigenvalue weighted by atomic mass is 10.0. The Morgan fingerprint density at radius 2 is 2.00 bits per heavy atom. The lowest BCUT2D eigenvalue weighted by Crippen LogP contribution is -2.12. The Kier molecular flexibility index (Phi) is 4.79. The van der Waals surface area contributed by atoms with Crippen molar-refractivity contribution in [3.63, 3.8) is 0 Å². The highest BCUT2D eigenvalue weighted by Crippen LogP contribution is 2.29. The number of benzene rings is 2. The van der Waals surface area contributed by atoms with Gasteiger partial charge in [0.1, 0.15) is 5.82 Å². The summed E-state index contributed by atoms with van der Waals surface area (Å²) in [6, 6.07) is 13.1. The van der Waals surface area contributed by atoms with Gasteiger partial charge in [-0.25, -0.2) is 4.39 Å².